The van der Waals surface area contributed by atoms with Gasteiger partial charge < -0.3 is 25.0 Å². The number of benzene rings is 4. The molecule has 454 valence electrons. The molecule has 0 saturated heterocycles. The van der Waals surface area contributed by atoms with Gasteiger partial charge in [0, 0.05) is 72.5 Å². The average Bonchev–Trinajstić information content (AvgIpc) is 1.82. The largest absolute Gasteiger partial charge is 0.377 e. The van der Waals surface area contributed by atoms with E-state index in [9.17, 15) is 43.9 Å². The standard InChI is InChI=1S/C64H83N5O12S3/c1-7-8-11-37-68-56-31-19-46(2)44-54(56)63(3,4)58(68)33-26-48-16-14-17-49(27-34-59-64(5,6)55-45-53(84(77,78)79)30-32-57(55)69(59)38-12-13-43-82(72,73)74)61(48)50-22-20-47(21-23-50)15-9-10-18-60(70)66-35-39-80-41-42-81-40-36-67-62(71)51-24-28-52(29-25-51)83(65,75)76/h19-34,44-45H,7-18,35-43H2,1-6H3,(H5-,65,66,67,70,71,72,73,74,75,76,77,78,79)/p+1. The monoisotopic (exact) mass is 1210 g/mol. The molecule has 4 aromatic carbocycles. The minimum Gasteiger partial charge on any atom is -0.377 e. The number of ether oxygens (including phenoxy) is 2. The molecule has 20 heteroatoms. The Balaban J connectivity index is 1.03. The molecule has 0 bridgehead atoms. The molecule has 6 N–H and O–H groups in total. The fraction of sp³-hybridized carbons (Fsp3) is 0.453. The van der Waals surface area contributed by atoms with Gasteiger partial charge in [-0.05, 0) is 154 Å². The highest BCUT2D eigenvalue weighted by Crippen LogP contribution is 2.49. The number of allylic oxidation sites excluding steroid dienone is 8. The molecule has 3 aliphatic rings. The van der Waals surface area contributed by atoms with Gasteiger partial charge in [0.15, 0.2) is 5.71 Å². The second kappa shape index (κ2) is 28.9. The summed E-state index contributed by atoms with van der Waals surface area (Å²) in [5, 5.41) is 10.7. The molecule has 2 amide bonds. The first-order chi connectivity index (χ1) is 39.8. The third-order valence-corrected chi connectivity index (χ3v) is 18.5. The third kappa shape index (κ3) is 17.3. The van der Waals surface area contributed by atoms with Crippen molar-refractivity contribution in [3.8, 4) is 0 Å². The number of rotatable bonds is 30. The quantitative estimate of drug-likeness (QED) is 0.0185. The van der Waals surface area contributed by atoms with E-state index >= 15 is 0 Å². The molecule has 0 fully saturated rings. The summed E-state index contributed by atoms with van der Waals surface area (Å²) in [6.45, 7) is 16.2. The smallest absolute Gasteiger partial charge is 0.294 e. The second-order valence-corrected chi connectivity index (χ2v) is 27.5. The fourth-order valence-corrected chi connectivity index (χ4v) is 13.0. The Morgan fingerprint density at radius 3 is 2.08 bits per heavy atom. The van der Waals surface area contributed by atoms with Crippen molar-refractivity contribution in [3.63, 3.8) is 0 Å². The van der Waals surface area contributed by atoms with Gasteiger partial charge in [0.25, 0.3) is 26.1 Å². The van der Waals surface area contributed by atoms with Crippen molar-refractivity contribution in [1.82, 2.24) is 10.6 Å². The fourth-order valence-electron chi connectivity index (χ4n) is 11.4. The molecule has 0 aromatic heterocycles. The lowest BCUT2D eigenvalue weighted by Crippen LogP contribution is -2.28. The summed E-state index contributed by atoms with van der Waals surface area (Å²) in [7, 11) is -12.5. The summed E-state index contributed by atoms with van der Waals surface area (Å²) < 4.78 is 104. The van der Waals surface area contributed by atoms with Crippen LogP contribution < -0.4 is 20.7 Å². The predicted octanol–water partition coefficient (Wildman–Crippen LogP) is 10.2. The molecule has 0 radical (unpaired) electrons. The van der Waals surface area contributed by atoms with Crippen LogP contribution in [0.15, 0.2) is 136 Å². The maximum Gasteiger partial charge on any atom is 0.294 e. The molecule has 4 aromatic rings. The van der Waals surface area contributed by atoms with Crippen molar-refractivity contribution in [1.29, 1.82) is 0 Å². The number of nitrogens with two attached hydrogens (primary N) is 1. The van der Waals surface area contributed by atoms with Crippen LogP contribution in [0, 0.1) is 6.92 Å². The van der Waals surface area contributed by atoms with Gasteiger partial charge in [0.05, 0.1) is 47.4 Å². The van der Waals surface area contributed by atoms with Crippen LogP contribution in [0.4, 0.5) is 11.4 Å². The summed E-state index contributed by atoms with van der Waals surface area (Å²) in [5.41, 5.74) is 12.6. The average molecular weight is 1210 g/mol. The molecule has 0 saturated carbocycles. The van der Waals surface area contributed by atoms with Gasteiger partial charge in [-0.15, -0.1) is 0 Å². The Labute approximate surface area is 497 Å². The molecule has 17 nitrogen and oxygen atoms in total. The van der Waals surface area contributed by atoms with Crippen molar-refractivity contribution in [2.45, 2.75) is 139 Å². The lowest BCUT2D eigenvalue weighted by Gasteiger charge is -2.28. The number of hydrogen-bond donors (Lipinski definition) is 5. The van der Waals surface area contributed by atoms with Crippen LogP contribution in [0.5, 0.6) is 0 Å². The van der Waals surface area contributed by atoms with Gasteiger partial charge in [0.1, 0.15) is 6.54 Å². The molecular weight excluding hydrogens is 1130 g/mol. The zero-order chi connectivity index (χ0) is 60.9. The van der Waals surface area contributed by atoms with Crippen LogP contribution >= 0.6 is 0 Å². The molecule has 1 aliphatic carbocycles. The number of aryl methyl sites for hydroxylation is 2. The molecule has 2 heterocycles. The minimum absolute atomic E-state index is 0.0467. The minimum atomic E-state index is -4.50. The van der Waals surface area contributed by atoms with E-state index in [1.54, 1.807) is 6.07 Å². The zero-order valence-corrected chi connectivity index (χ0v) is 51.9. The van der Waals surface area contributed by atoms with Crippen molar-refractivity contribution in [2.75, 3.05) is 63.3 Å². The van der Waals surface area contributed by atoms with Gasteiger partial charge in [-0.3, -0.25) is 18.7 Å². The van der Waals surface area contributed by atoms with E-state index in [0.717, 1.165) is 91.6 Å². The first-order valence-electron chi connectivity index (χ1n) is 29.2. The van der Waals surface area contributed by atoms with Gasteiger partial charge in [-0.1, -0.05) is 87.7 Å². The summed E-state index contributed by atoms with van der Waals surface area (Å²) in [6.07, 6.45) is 18.3. The molecular formula is C64H84N5O12S3+. The Kier molecular flexibility index (Phi) is 22.5. The highest BCUT2D eigenvalue weighted by atomic mass is 32.2. The molecule has 0 unspecified atom stereocenters. The van der Waals surface area contributed by atoms with Crippen molar-refractivity contribution in [3.05, 3.63) is 159 Å². The Morgan fingerprint density at radius 1 is 0.726 bits per heavy atom. The van der Waals surface area contributed by atoms with Crippen molar-refractivity contribution >= 4 is 64.7 Å². The topological polar surface area (TPSA) is 252 Å². The Bertz CT molecular complexity index is 3530. The van der Waals surface area contributed by atoms with E-state index < -0.39 is 35.7 Å². The number of sulfonamides is 1. The zero-order valence-electron chi connectivity index (χ0n) is 49.4. The summed E-state index contributed by atoms with van der Waals surface area (Å²) >= 11 is 0. The summed E-state index contributed by atoms with van der Waals surface area (Å²) in [5.74, 6) is -0.788. The first-order valence-corrected chi connectivity index (χ1v) is 33.8. The number of fused-ring (bicyclic) bond motifs is 2. The van der Waals surface area contributed by atoms with Gasteiger partial charge in [-0.25, -0.2) is 13.6 Å². The first kappa shape index (κ1) is 65.4. The van der Waals surface area contributed by atoms with E-state index in [-0.39, 0.29) is 52.3 Å². The Morgan fingerprint density at radius 2 is 1.42 bits per heavy atom. The Hall–Kier alpha value is -6.10. The van der Waals surface area contributed by atoms with Crippen molar-refractivity contribution in [2.24, 2.45) is 5.14 Å². The van der Waals surface area contributed by atoms with Crippen molar-refractivity contribution < 1.29 is 58.0 Å². The number of primary sulfonamides is 1. The number of hydrogen-bond acceptors (Lipinski definition) is 11. The highest BCUT2D eigenvalue weighted by molar-refractivity contribution is 7.89. The van der Waals surface area contributed by atoms with Gasteiger partial charge >= 0.3 is 0 Å². The van der Waals surface area contributed by atoms with Gasteiger partial charge in [0.2, 0.25) is 21.6 Å². The summed E-state index contributed by atoms with van der Waals surface area (Å²) in [4.78, 5) is 27.3. The van der Waals surface area contributed by atoms with E-state index in [4.69, 9.17) is 14.6 Å². The molecule has 0 atom stereocenters. The molecule has 84 heavy (non-hydrogen) atoms. The van der Waals surface area contributed by atoms with Gasteiger partial charge in [-0.2, -0.15) is 21.4 Å². The maximum atomic E-state index is 12.7. The van der Waals surface area contributed by atoms with Crippen LogP contribution in [0.3, 0.4) is 0 Å². The molecule has 2 aliphatic heterocycles. The van der Waals surface area contributed by atoms with E-state index in [0.29, 0.717) is 63.3 Å². The van der Waals surface area contributed by atoms with Crippen LogP contribution in [-0.2, 0) is 61.8 Å². The third-order valence-electron chi connectivity index (χ3n) is 15.9. The van der Waals surface area contributed by atoms with Crippen LogP contribution in [0.25, 0.3) is 5.57 Å². The lowest BCUT2D eigenvalue weighted by molar-refractivity contribution is -0.438. The van der Waals surface area contributed by atoms with Crippen LogP contribution in [0.1, 0.15) is 143 Å². The highest BCUT2D eigenvalue weighted by Gasteiger charge is 2.45. The van der Waals surface area contributed by atoms with E-state index in [1.807, 2.05) is 13.8 Å². The molecule has 7 rings (SSSR count). The second-order valence-electron chi connectivity index (χ2n) is 22.9. The number of carbonyl (C=O) groups excluding carboxylic acids is 2. The summed E-state index contributed by atoms with van der Waals surface area (Å²) in [6, 6.07) is 25.5. The normalized spacial score (nSPS) is 16.9. The SMILES string of the molecule is CCCCCN1/C(=C/C=C2\CCCC(/C=C/C3=[N+](CCCCS(=O)(=O)O)c4ccc(S(=O)(=O)O)cc4C3(C)C)=C2c2ccc(CCCCC(=O)NCCOCCOCCNC(=O)c3ccc(S(N)(=O)=O)cc3)cc2)C(C)(C)c2cc(C)ccc21. The number of nitrogens with one attached hydrogen (secondary N) is 2. The lowest BCUT2D eigenvalue weighted by atomic mass is 9.79. The number of amides is 2. The number of nitrogens with zero attached hydrogens (tertiary/aromatic N) is 2. The van der Waals surface area contributed by atoms with E-state index in [2.05, 4.69) is 115 Å². The number of anilines is 1. The van der Waals surface area contributed by atoms with E-state index in [1.165, 1.54) is 64.5 Å². The number of carbonyl (C=O) groups is 2. The number of unbranched alkanes of at least 4 members (excludes halogenated alkanes) is 4. The maximum absolute atomic E-state index is 12.7. The van der Waals surface area contributed by atoms with Crippen LogP contribution in [-0.4, -0.2) is 115 Å². The molecule has 0 spiro atoms. The van der Waals surface area contributed by atoms with Crippen LogP contribution in [0.2, 0.25) is 0 Å². The predicted molar refractivity (Wildman–Crippen MR) is 331 cm³/mol.